The van der Waals surface area contributed by atoms with Crippen molar-refractivity contribution in [2.24, 2.45) is 0 Å². The maximum Gasteiger partial charge on any atom is 1.00 e. The van der Waals surface area contributed by atoms with E-state index in [0.717, 1.165) is 16.8 Å². The van der Waals surface area contributed by atoms with Gasteiger partial charge in [0, 0.05) is 18.1 Å². The Morgan fingerprint density at radius 3 is 2.42 bits per heavy atom. The number of benzene rings is 2. The third kappa shape index (κ3) is 5.81. The average molecular weight is 351 g/mol. The van der Waals surface area contributed by atoms with Crippen LogP contribution in [-0.4, -0.2) is 7.05 Å². The Balaban J connectivity index is 0.000000460. The van der Waals surface area contributed by atoms with Crippen molar-refractivity contribution >= 4 is 29.4 Å². The van der Waals surface area contributed by atoms with Crippen LogP contribution in [0, 0.1) is 30.1 Å². The Labute approximate surface area is 169 Å². The number of halogens is 2. The molecule has 0 aliphatic carbocycles. The Hall–Kier alpha value is -1.57. The minimum absolute atomic E-state index is 0. The second-order valence-corrected chi connectivity index (χ2v) is 4.98. The molecule has 0 radical (unpaired) electrons. The van der Waals surface area contributed by atoms with Crippen LogP contribution in [0.15, 0.2) is 37.4 Å². The number of aryl methyl sites for hydroxylation is 1. The average Bonchev–Trinajstić information content (AvgIpc) is 2.57. The van der Waals surface area contributed by atoms with Crippen molar-refractivity contribution in [2.75, 3.05) is 12.4 Å². The van der Waals surface area contributed by atoms with Crippen LogP contribution in [-0.2, 0) is 0 Å². The third-order valence-corrected chi connectivity index (χ3v) is 3.52. The molecule has 0 bridgehead atoms. The summed E-state index contributed by atoms with van der Waals surface area (Å²) in [5, 5.41) is 12.6. The number of nitrogens with one attached hydrogen (secondary N) is 1. The van der Waals surface area contributed by atoms with Gasteiger partial charge >= 0.3 is 29.6 Å². The van der Waals surface area contributed by atoms with Crippen LogP contribution in [0.1, 0.15) is 22.3 Å². The number of nitriles is 1. The van der Waals surface area contributed by atoms with Gasteiger partial charge in [0.05, 0.1) is 0 Å². The van der Waals surface area contributed by atoms with Gasteiger partial charge in [-0.1, -0.05) is 17.2 Å². The molecule has 0 amide bonds. The van der Waals surface area contributed by atoms with Gasteiger partial charge in [0.1, 0.15) is 5.82 Å². The maximum absolute atomic E-state index is 12.3. The van der Waals surface area contributed by atoms with Crippen LogP contribution < -0.4 is 34.9 Å². The van der Waals surface area contributed by atoms with Crippen LogP contribution in [0.3, 0.4) is 0 Å². The normalized spacial score (nSPS) is 8.79. The van der Waals surface area contributed by atoms with Gasteiger partial charge in [0.25, 0.3) is 0 Å². The van der Waals surface area contributed by atoms with Gasteiger partial charge < -0.3 is 5.32 Å². The predicted octanol–water partition coefficient (Wildman–Crippen LogP) is 2.48. The topological polar surface area (TPSA) is 35.8 Å². The van der Waals surface area contributed by atoms with Gasteiger partial charge in [-0.15, -0.1) is 43.0 Å². The molecule has 0 saturated carbocycles. The Morgan fingerprint density at radius 1 is 1.33 bits per heavy atom. The zero-order chi connectivity index (χ0) is 17.4. The van der Waals surface area contributed by atoms with Gasteiger partial charge in [0.15, 0.2) is 0 Å². The fourth-order valence-corrected chi connectivity index (χ4v) is 2.01. The minimum atomic E-state index is -0.239. The van der Waals surface area contributed by atoms with Crippen molar-refractivity contribution in [3.8, 4) is 6.07 Å². The van der Waals surface area contributed by atoms with Crippen molar-refractivity contribution in [1.29, 1.82) is 5.26 Å². The zero-order valence-corrected chi connectivity index (χ0v) is 16.8. The quantitative estimate of drug-likeness (QED) is 0.682. The molecular weight excluding hydrogens is 334 g/mol. The van der Waals surface area contributed by atoms with Crippen LogP contribution in [0.2, 0.25) is 5.02 Å². The number of hydrogen-bond donors (Lipinski definition) is 1. The first-order chi connectivity index (χ1) is 11.0. The van der Waals surface area contributed by atoms with Gasteiger partial charge in [-0.25, -0.2) is 9.65 Å². The molecule has 2 aromatic carbocycles. The number of rotatable bonds is 3. The molecule has 1 N–H and O–H groups in total. The van der Waals surface area contributed by atoms with Gasteiger partial charge in [-0.3, -0.25) is 0 Å². The number of anilines is 1. The minimum Gasteiger partial charge on any atom is -0.402 e. The van der Waals surface area contributed by atoms with E-state index in [1.165, 1.54) is 12.1 Å². The van der Waals surface area contributed by atoms with Crippen LogP contribution >= 0.6 is 11.6 Å². The maximum atomic E-state index is 12.3. The molecule has 0 aromatic heterocycles. The molecule has 0 fully saturated rings. The molecule has 2 nitrogen and oxygen atoms in total. The first-order valence-corrected chi connectivity index (χ1v) is 7.19. The van der Waals surface area contributed by atoms with Crippen molar-refractivity contribution in [1.82, 2.24) is 0 Å². The van der Waals surface area contributed by atoms with Crippen LogP contribution in [0.25, 0.3) is 12.2 Å². The summed E-state index contributed by atoms with van der Waals surface area (Å²) in [7, 11) is 1.77. The van der Waals surface area contributed by atoms with E-state index >= 15 is 0 Å². The monoisotopic (exact) mass is 350 g/mol. The largest absolute Gasteiger partial charge is 1.00 e. The smallest absolute Gasteiger partial charge is 0.402 e. The van der Waals surface area contributed by atoms with Gasteiger partial charge in [-0.2, -0.15) is 0 Å². The fraction of sp³-hybridized carbons (Fsp3) is 0.105. The summed E-state index contributed by atoms with van der Waals surface area (Å²) in [5.74, 6) is -0.239. The molecule has 0 heterocycles. The van der Waals surface area contributed by atoms with E-state index < -0.39 is 0 Å². The first-order valence-electron chi connectivity index (χ1n) is 6.81. The van der Waals surface area contributed by atoms with E-state index in [2.05, 4.69) is 30.6 Å². The zero-order valence-electron chi connectivity index (χ0n) is 14.1. The molecule has 2 aromatic rings. The molecular formula is C19H17ClFN2Na. The van der Waals surface area contributed by atoms with E-state index in [9.17, 15) is 4.39 Å². The van der Waals surface area contributed by atoms with Gasteiger partial charge in [-0.05, 0) is 41.9 Å². The van der Waals surface area contributed by atoms with E-state index in [1.54, 1.807) is 38.3 Å². The molecule has 118 valence electrons. The molecule has 0 saturated heterocycles. The summed E-state index contributed by atoms with van der Waals surface area (Å²) in [6.07, 6.45) is 3.31. The summed E-state index contributed by atoms with van der Waals surface area (Å²) in [5.41, 5.74) is 3.69. The summed E-state index contributed by atoms with van der Waals surface area (Å²) < 4.78 is 12.3. The second-order valence-electron chi connectivity index (χ2n) is 4.57. The number of nitrogens with zero attached hydrogens (tertiary/aromatic N) is 1. The molecule has 2 rings (SSSR count). The Morgan fingerprint density at radius 2 is 2.00 bits per heavy atom. The van der Waals surface area contributed by atoms with Crippen molar-refractivity contribution in [2.45, 2.75) is 6.92 Å². The van der Waals surface area contributed by atoms with E-state index in [0.29, 0.717) is 16.1 Å². The molecule has 0 aliphatic heterocycles. The molecule has 0 atom stereocenters. The molecule has 24 heavy (non-hydrogen) atoms. The Kier molecular flexibility index (Phi) is 10.3. The van der Waals surface area contributed by atoms with Crippen LogP contribution in [0.4, 0.5) is 10.1 Å². The summed E-state index contributed by atoms with van der Waals surface area (Å²) in [4.78, 5) is 0. The van der Waals surface area contributed by atoms with E-state index in [-0.39, 0.29) is 35.4 Å². The van der Waals surface area contributed by atoms with Crippen molar-refractivity contribution in [3.63, 3.8) is 0 Å². The summed E-state index contributed by atoms with van der Waals surface area (Å²) in [6.45, 7) is 9.08. The van der Waals surface area contributed by atoms with Gasteiger partial charge in [0.2, 0.25) is 0 Å². The predicted molar refractivity (Wildman–Crippen MR) is 95.9 cm³/mol. The first kappa shape index (κ1) is 22.4. The Bertz CT molecular complexity index is 767. The molecule has 5 heteroatoms. The van der Waals surface area contributed by atoms with Crippen molar-refractivity contribution in [3.05, 3.63) is 76.6 Å². The van der Waals surface area contributed by atoms with E-state index in [4.69, 9.17) is 16.9 Å². The standard InChI is InChI=1S/C12H11N2.C7H6ClF.Na/c1-4-9-6-7-10(5-2)12(14-3)11(9)8-13;1-5-4-6(9)2-3-7(5)8;/h4-5,7,14H,1-2H2,3H3;2-4H,1H3;/q-1;;+1. The number of hydrogen-bond acceptors (Lipinski definition) is 2. The SMILES string of the molecule is C=Cc1[c-]cc(C=C)c(NC)c1C#N.Cc1cc(F)ccc1Cl.[Na+]. The fourth-order valence-electron chi connectivity index (χ4n) is 1.89. The summed E-state index contributed by atoms with van der Waals surface area (Å²) >= 11 is 5.61. The molecule has 0 aliphatic rings. The molecule has 0 unspecified atom stereocenters. The molecule has 0 spiro atoms. The third-order valence-electron chi connectivity index (χ3n) is 3.10. The van der Waals surface area contributed by atoms with E-state index in [1.807, 2.05) is 0 Å². The van der Waals surface area contributed by atoms with Crippen molar-refractivity contribution < 1.29 is 33.9 Å². The second kappa shape index (κ2) is 11.1. The van der Waals surface area contributed by atoms with Crippen LogP contribution in [0.5, 0.6) is 0 Å². The summed E-state index contributed by atoms with van der Waals surface area (Å²) in [6, 6.07) is 11.2.